The van der Waals surface area contributed by atoms with E-state index in [0.29, 0.717) is 5.75 Å². The molecule has 0 radical (unpaired) electrons. The summed E-state index contributed by atoms with van der Waals surface area (Å²) in [5.74, 6) is 0.200. The molecule has 0 aromatic heterocycles. The van der Waals surface area contributed by atoms with Crippen molar-refractivity contribution >= 4 is 16.7 Å². The molecule has 0 saturated carbocycles. The van der Waals surface area contributed by atoms with Gasteiger partial charge in [-0.3, -0.25) is 9.00 Å². The molecule has 0 heterocycles. The lowest BCUT2D eigenvalue weighted by Crippen LogP contribution is -2.46. The molecule has 0 aliphatic carbocycles. The maximum atomic E-state index is 11.6. The van der Waals surface area contributed by atoms with Gasteiger partial charge in [-0.2, -0.15) is 0 Å². The van der Waals surface area contributed by atoms with Gasteiger partial charge in [0.2, 0.25) is 5.91 Å². The number of nitrogens with two attached hydrogens (primary N) is 1. The largest absolute Gasteiger partial charge is 0.350 e. The summed E-state index contributed by atoms with van der Waals surface area (Å²) in [6, 6.07) is 0. The van der Waals surface area contributed by atoms with Crippen LogP contribution in [0.1, 0.15) is 41.0 Å². The zero-order valence-corrected chi connectivity index (χ0v) is 11.7. The third kappa shape index (κ3) is 7.82. The van der Waals surface area contributed by atoms with Gasteiger partial charge in [0.05, 0.1) is 0 Å². The van der Waals surface area contributed by atoms with Gasteiger partial charge in [-0.1, -0.05) is 6.92 Å². The highest BCUT2D eigenvalue weighted by atomic mass is 32.2. The van der Waals surface area contributed by atoms with Crippen LogP contribution in [0.25, 0.3) is 0 Å². The van der Waals surface area contributed by atoms with Crippen LogP contribution in [-0.2, 0) is 15.6 Å². The molecule has 0 rings (SSSR count). The Kier molecular flexibility index (Phi) is 5.62. The molecule has 4 nitrogen and oxygen atoms in total. The number of hydrogen-bond donors (Lipinski definition) is 2. The van der Waals surface area contributed by atoms with Crippen LogP contribution in [0.3, 0.4) is 0 Å². The van der Waals surface area contributed by atoms with E-state index in [1.807, 2.05) is 20.8 Å². The van der Waals surface area contributed by atoms with E-state index in [2.05, 4.69) is 5.32 Å². The molecule has 0 spiro atoms. The van der Waals surface area contributed by atoms with E-state index in [4.69, 9.17) is 5.73 Å². The van der Waals surface area contributed by atoms with E-state index in [9.17, 15) is 9.00 Å². The van der Waals surface area contributed by atoms with Crippen LogP contribution in [0, 0.1) is 0 Å². The second kappa shape index (κ2) is 5.77. The monoisotopic (exact) mass is 248 g/mol. The Morgan fingerprint density at radius 3 is 2.19 bits per heavy atom. The predicted molar refractivity (Wildman–Crippen MR) is 68.7 cm³/mol. The standard InChI is InChI=1S/C11H24N2O2S/c1-6-11(4,5)13-9(14)7-16(15)8-10(2,3)12/h6-8,12H2,1-5H3,(H,13,14). The molecular formula is C11H24N2O2S. The molecule has 1 unspecified atom stereocenters. The van der Waals surface area contributed by atoms with Gasteiger partial charge < -0.3 is 11.1 Å². The molecule has 0 saturated heterocycles. The van der Waals surface area contributed by atoms with Gasteiger partial charge in [0.1, 0.15) is 5.75 Å². The van der Waals surface area contributed by atoms with Crippen LogP contribution in [0.5, 0.6) is 0 Å². The second-order valence-electron chi connectivity index (χ2n) is 5.50. The molecule has 0 aliphatic rings. The van der Waals surface area contributed by atoms with Crippen molar-refractivity contribution in [1.29, 1.82) is 0 Å². The minimum absolute atomic E-state index is 0.0318. The molecule has 0 fully saturated rings. The van der Waals surface area contributed by atoms with Crippen LogP contribution in [0.4, 0.5) is 0 Å². The van der Waals surface area contributed by atoms with Gasteiger partial charge in [-0.15, -0.1) is 0 Å². The third-order valence-electron chi connectivity index (χ3n) is 2.19. The smallest absolute Gasteiger partial charge is 0.233 e. The topological polar surface area (TPSA) is 72.2 Å². The first kappa shape index (κ1) is 15.6. The zero-order chi connectivity index (χ0) is 13.0. The summed E-state index contributed by atoms with van der Waals surface area (Å²) in [7, 11) is -1.19. The van der Waals surface area contributed by atoms with Gasteiger partial charge in [0.15, 0.2) is 0 Å². The van der Waals surface area contributed by atoms with Crippen molar-refractivity contribution in [3.8, 4) is 0 Å². The lowest BCUT2D eigenvalue weighted by Gasteiger charge is -2.24. The first-order valence-corrected chi connectivity index (χ1v) is 6.99. The number of rotatable bonds is 6. The number of carbonyl (C=O) groups is 1. The van der Waals surface area contributed by atoms with Crippen molar-refractivity contribution in [2.45, 2.75) is 52.1 Å². The maximum Gasteiger partial charge on any atom is 0.233 e. The van der Waals surface area contributed by atoms with Gasteiger partial charge in [-0.05, 0) is 34.1 Å². The molecule has 0 aromatic rings. The van der Waals surface area contributed by atoms with E-state index in [1.54, 1.807) is 13.8 Å². The summed E-state index contributed by atoms with van der Waals surface area (Å²) in [5, 5.41) is 2.85. The summed E-state index contributed by atoms with van der Waals surface area (Å²) in [5.41, 5.74) is 5.01. The lowest BCUT2D eigenvalue weighted by atomic mass is 10.0. The fourth-order valence-corrected chi connectivity index (χ4v) is 2.41. The molecule has 1 atom stereocenters. The van der Waals surface area contributed by atoms with Crippen LogP contribution < -0.4 is 11.1 Å². The average molecular weight is 248 g/mol. The molecule has 96 valence electrons. The van der Waals surface area contributed by atoms with Crippen LogP contribution >= 0.6 is 0 Å². The summed E-state index contributed by atoms with van der Waals surface area (Å²) >= 11 is 0. The molecule has 0 aliphatic heterocycles. The number of amides is 1. The zero-order valence-electron chi connectivity index (χ0n) is 10.9. The van der Waals surface area contributed by atoms with Crippen molar-refractivity contribution in [2.24, 2.45) is 5.73 Å². The normalized spacial score (nSPS) is 14.6. The van der Waals surface area contributed by atoms with Crippen LogP contribution in [0.2, 0.25) is 0 Å². The molecule has 3 N–H and O–H groups in total. The van der Waals surface area contributed by atoms with Crippen molar-refractivity contribution in [3.05, 3.63) is 0 Å². The molecule has 1 amide bonds. The summed E-state index contributed by atoms with van der Waals surface area (Å²) < 4.78 is 11.6. The highest BCUT2D eigenvalue weighted by molar-refractivity contribution is 7.85. The Morgan fingerprint density at radius 1 is 1.31 bits per heavy atom. The average Bonchev–Trinajstić information content (AvgIpc) is 1.98. The summed E-state index contributed by atoms with van der Waals surface area (Å²) in [6.45, 7) is 9.50. The lowest BCUT2D eigenvalue weighted by molar-refractivity contribution is -0.120. The Morgan fingerprint density at radius 2 is 1.81 bits per heavy atom. The molecule has 0 aromatic carbocycles. The quantitative estimate of drug-likeness (QED) is 0.729. The number of nitrogens with one attached hydrogen (secondary N) is 1. The van der Waals surface area contributed by atoms with Gasteiger partial charge in [-0.25, -0.2) is 0 Å². The van der Waals surface area contributed by atoms with Gasteiger partial charge in [0, 0.05) is 27.6 Å². The Balaban J connectivity index is 4.12. The molecule has 0 bridgehead atoms. The highest BCUT2D eigenvalue weighted by Gasteiger charge is 2.21. The SMILES string of the molecule is CCC(C)(C)NC(=O)CS(=O)CC(C)(C)N. The van der Waals surface area contributed by atoms with E-state index >= 15 is 0 Å². The van der Waals surface area contributed by atoms with E-state index in [-0.39, 0.29) is 17.2 Å². The van der Waals surface area contributed by atoms with Gasteiger partial charge >= 0.3 is 0 Å². The molecule has 5 heteroatoms. The van der Waals surface area contributed by atoms with E-state index < -0.39 is 16.3 Å². The first-order chi connectivity index (χ1) is 7.06. The third-order valence-corrected chi connectivity index (χ3v) is 3.84. The molecule has 16 heavy (non-hydrogen) atoms. The second-order valence-corrected chi connectivity index (χ2v) is 6.96. The van der Waals surface area contributed by atoms with Crippen LogP contribution in [-0.4, -0.2) is 32.7 Å². The van der Waals surface area contributed by atoms with Gasteiger partial charge in [0.25, 0.3) is 0 Å². The highest BCUT2D eigenvalue weighted by Crippen LogP contribution is 2.07. The molecular weight excluding hydrogens is 224 g/mol. The minimum atomic E-state index is -1.19. The van der Waals surface area contributed by atoms with E-state index in [1.165, 1.54) is 0 Å². The first-order valence-electron chi connectivity index (χ1n) is 5.50. The Bertz CT molecular complexity index is 270. The predicted octanol–water partition coefficient (Wildman–Crippen LogP) is 0.777. The Hall–Kier alpha value is -0.420. The van der Waals surface area contributed by atoms with Crippen molar-refractivity contribution in [2.75, 3.05) is 11.5 Å². The maximum absolute atomic E-state index is 11.6. The van der Waals surface area contributed by atoms with Crippen molar-refractivity contribution < 1.29 is 9.00 Å². The fraction of sp³-hybridized carbons (Fsp3) is 0.909. The number of carbonyl (C=O) groups excluding carboxylic acids is 1. The number of hydrogen-bond acceptors (Lipinski definition) is 3. The summed E-state index contributed by atoms with van der Waals surface area (Å²) in [6.07, 6.45) is 0.841. The van der Waals surface area contributed by atoms with Crippen molar-refractivity contribution in [1.82, 2.24) is 5.32 Å². The summed E-state index contributed by atoms with van der Waals surface area (Å²) in [4.78, 5) is 11.6. The fourth-order valence-electron chi connectivity index (χ4n) is 1.11. The minimum Gasteiger partial charge on any atom is -0.350 e. The van der Waals surface area contributed by atoms with Crippen LogP contribution in [0.15, 0.2) is 0 Å². The van der Waals surface area contributed by atoms with Crippen molar-refractivity contribution in [3.63, 3.8) is 0 Å². The Labute approximate surface area is 101 Å². The van der Waals surface area contributed by atoms with E-state index in [0.717, 1.165) is 6.42 Å².